The molecule has 0 spiro atoms. The average molecular weight is 358 g/mol. The molecule has 0 saturated carbocycles. The summed E-state index contributed by atoms with van der Waals surface area (Å²) >= 11 is 3.16. The van der Waals surface area contributed by atoms with Crippen molar-refractivity contribution in [3.8, 4) is 11.5 Å². The lowest BCUT2D eigenvalue weighted by atomic mass is 10.2. The van der Waals surface area contributed by atoms with Gasteiger partial charge in [0.15, 0.2) is 11.5 Å². The van der Waals surface area contributed by atoms with Crippen LogP contribution in [0.25, 0.3) is 10.9 Å². The zero-order valence-electron chi connectivity index (χ0n) is 11.4. The van der Waals surface area contributed by atoms with E-state index in [1.807, 2.05) is 30.3 Å². The lowest BCUT2D eigenvalue weighted by Gasteiger charge is -2.05. The summed E-state index contributed by atoms with van der Waals surface area (Å²) in [4.78, 5) is 4.33. The van der Waals surface area contributed by atoms with Crippen LogP contribution in [0.3, 0.4) is 0 Å². The minimum atomic E-state index is -0.206. The molecule has 1 heterocycles. The van der Waals surface area contributed by atoms with Crippen molar-refractivity contribution in [2.24, 2.45) is 5.10 Å². The number of halogens is 1. The Morgan fingerprint density at radius 2 is 1.95 bits per heavy atom. The largest absolute Gasteiger partial charge is 0.504 e. The first kappa shape index (κ1) is 14.3. The SMILES string of the molecule is Oc1cc(/C=N/Nc2cccc3cccnc23)cc(Br)c1O. The quantitative estimate of drug-likeness (QED) is 0.378. The standard InChI is InChI=1S/C16H12BrN3O2/c17-12-7-10(8-14(21)16(12)22)9-19-20-13-5-1-3-11-4-2-6-18-15(11)13/h1-9,20-22H/b19-9+. The van der Waals surface area contributed by atoms with Crippen molar-refractivity contribution < 1.29 is 10.2 Å². The van der Waals surface area contributed by atoms with Crippen molar-refractivity contribution in [3.63, 3.8) is 0 Å². The summed E-state index contributed by atoms with van der Waals surface area (Å²) in [5, 5.41) is 24.2. The Balaban J connectivity index is 1.85. The van der Waals surface area contributed by atoms with Crippen LogP contribution in [0.1, 0.15) is 5.56 Å². The topological polar surface area (TPSA) is 77.7 Å². The van der Waals surface area contributed by atoms with Crippen LogP contribution in [0, 0.1) is 0 Å². The van der Waals surface area contributed by atoms with Crippen LogP contribution in [0.4, 0.5) is 5.69 Å². The Kier molecular flexibility index (Phi) is 3.93. The van der Waals surface area contributed by atoms with E-state index in [1.165, 1.54) is 6.07 Å². The third-order valence-electron chi connectivity index (χ3n) is 3.10. The molecule has 0 radical (unpaired) electrons. The van der Waals surface area contributed by atoms with E-state index in [0.717, 1.165) is 16.6 Å². The first-order chi connectivity index (χ1) is 10.6. The molecule has 3 N–H and O–H groups in total. The monoisotopic (exact) mass is 357 g/mol. The van der Waals surface area contributed by atoms with Crippen LogP contribution in [-0.4, -0.2) is 21.4 Å². The number of aromatic nitrogens is 1. The average Bonchev–Trinajstić information content (AvgIpc) is 2.53. The maximum Gasteiger partial charge on any atom is 0.171 e. The lowest BCUT2D eigenvalue weighted by Crippen LogP contribution is -1.93. The van der Waals surface area contributed by atoms with Crippen molar-refractivity contribution in [2.75, 3.05) is 5.43 Å². The molecule has 0 aliphatic rings. The summed E-state index contributed by atoms with van der Waals surface area (Å²) in [6.45, 7) is 0. The third kappa shape index (κ3) is 2.87. The van der Waals surface area contributed by atoms with Gasteiger partial charge in [0.05, 0.1) is 21.9 Å². The predicted octanol–water partition coefficient (Wildman–Crippen LogP) is 3.85. The van der Waals surface area contributed by atoms with Gasteiger partial charge in [0.1, 0.15) is 0 Å². The molecular weight excluding hydrogens is 346 g/mol. The van der Waals surface area contributed by atoms with E-state index in [4.69, 9.17) is 0 Å². The fourth-order valence-corrected chi connectivity index (χ4v) is 2.52. The van der Waals surface area contributed by atoms with E-state index in [-0.39, 0.29) is 11.5 Å². The number of pyridine rings is 1. The molecule has 0 aliphatic heterocycles. The molecule has 110 valence electrons. The summed E-state index contributed by atoms with van der Waals surface area (Å²) in [5.74, 6) is -0.397. The molecule has 0 bridgehead atoms. The second kappa shape index (κ2) is 6.03. The van der Waals surface area contributed by atoms with E-state index < -0.39 is 0 Å². The molecule has 0 saturated heterocycles. The molecule has 0 amide bonds. The Hall–Kier alpha value is -2.60. The van der Waals surface area contributed by atoms with E-state index in [0.29, 0.717) is 10.0 Å². The van der Waals surface area contributed by atoms with Gasteiger partial charge in [0.25, 0.3) is 0 Å². The summed E-state index contributed by atoms with van der Waals surface area (Å²) in [7, 11) is 0. The van der Waals surface area contributed by atoms with Crippen LogP contribution in [0.5, 0.6) is 11.5 Å². The Morgan fingerprint density at radius 1 is 1.14 bits per heavy atom. The number of phenols is 2. The Morgan fingerprint density at radius 3 is 2.77 bits per heavy atom. The summed E-state index contributed by atoms with van der Waals surface area (Å²) < 4.78 is 0.403. The minimum absolute atomic E-state index is 0.191. The number of fused-ring (bicyclic) bond motifs is 1. The van der Waals surface area contributed by atoms with Gasteiger partial charge in [0.2, 0.25) is 0 Å². The van der Waals surface area contributed by atoms with Gasteiger partial charge in [-0.2, -0.15) is 5.10 Å². The summed E-state index contributed by atoms with van der Waals surface area (Å²) in [5.41, 5.74) is 5.20. The van der Waals surface area contributed by atoms with Crippen molar-refractivity contribution in [1.82, 2.24) is 4.98 Å². The molecule has 0 fully saturated rings. The highest BCUT2D eigenvalue weighted by atomic mass is 79.9. The highest BCUT2D eigenvalue weighted by Crippen LogP contribution is 2.33. The van der Waals surface area contributed by atoms with Gasteiger partial charge in [-0.05, 0) is 45.8 Å². The number of para-hydroxylation sites is 1. The van der Waals surface area contributed by atoms with E-state index in [2.05, 4.69) is 31.4 Å². The Labute approximate surface area is 135 Å². The molecule has 0 aliphatic carbocycles. The minimum Gasteiger partial charge on any atom is -0.504 e. The smallest absolute Gasteiger partial charge is 0.171 e. The molecule has 5 nitrogen and oxygen atoms in total. The summed E-state index contributed by atoms with van der Waals surface area (Å²) in [6, 6.07) is 12.7. The van der Waals surface area contributed by atoms with Crippen molar-refractivity contribution in [3.05, 3.63) is 58.7 Å². The van der Waals surface area contributed by atoms with E-state index >= 15 is 0 Å². The van der Waals surface area contributed by atoms with E-state index in [1.54, 1.807) is 18.5 Å². The molecule has 3 rings (SSSR count). The Bertz CT molecular complexity index is 837. The fraction of sp³-hybridized carbons (Fsp3) is 0. The van der Waals surface area contributed by atoms with Gasteiger partial charge >= 0.3 is 0 Å². The highest BCUT2D eigenvalue weighted by Gasteiger charge is 2.05. The van der Waals surface area contributed by atoms with E-state index in [9.17, 15) is 10.2 Å². The zero-order chi connectivity index (χ0) is 15.5. The van der Waals surface area contributed by atoms with Crippen LogP contribution in [-0.2, 0) is 0 Å². The van der Waals surface area contributed by atoms with Crippen LogP contribution < -0.4 is 5.43 Å². The first-order valence-electron chi connectivity index (χ1n) is 6.49. The number of aromatic hydroxyl groups is 2. The van der Waals surface area contributed by atoms with Crippen molar-refractivity contribution >= 4 is 38.7 Å². The molecule has 3 aromatic rings. The number of nitrogens with one attached hydrogen (secondary N) is 1. The predicted molar refractivity (Wildman–Crippen MR) is 90.4 cm³/mol. The molecule has 0 atom stereocenters. The highest BCUT2D eigenvalue weighted by molar-refractivity contribution is 9.10. The number of benzene rings is 2. The maximum absolute atomic E-state index is 9.57. The number of nitrogens with zero attached hydrogens (tertiary/aromatic N) is 2. The lowest BCUT2D eigenvalue weighted by molar-refractivity contribution is 0.401. The molecular formula is C16H12BrN3O2. The van der Waals surface area contributed by atoms with Gasteiger partial charge in [0, 0.05) is 11.6 Å². The van der Waals surface area contributed by atoms with Gasteiger partial charge in [-0.3, -0.25) is 10.4 Å². The van der Waals surface area contributed by atoms with Crippen molar-refractivity contribution in [2.45, 2.75) is 0 Å². The van der Waals surface area contributed by atoms with Gasteiger partial charge < -0.3 is 10.2 Å². The molecule has 0 unspecified atom stereocenters. The maximum atomic E-state index is 9.57. The number of hydrazone groups is 1. The normalized spacial score (nSPS) is 11.1. The van der Waals surface area contributed by atoms with Crippen LogP contribution >= 0.6 is 15.9 Å². The van der Waals surface area contributed by atoms with Gasteiger partial charge in [-0.25, -0.2) is 0 Å². The molecule has 22 heavy (non-hydrogen) atoms. The first-order valence-corrected chi connectivity index (χ1v) is 7.29. The second-order valence-electron chi connectivity index (χ2n) is 4.62. The summed E-state index contributed by atoms with van der Waals surface area (Å²) in [6.07, 6.45) is 3.28. The molecule has 2 aromatic carbocycles. The van der Waals surface area contributed by atoms with Crippen molar-refractivity contribution in [1.29, 1.82) is 0 Å². The number of hydrogen-bond acceptors (Lipinski definition) is 5. The number of rotatable bonds is 3. The third-order valence-corrected chi connectivity index (χ3v) is 3.70. The van der Waals surface area contributed by atoms with Gasteiger partial charge in [-0.15, -0.1) is 0 Å². The second-order valence-corrected chi connectivity index (χ2v) is 5.48. The van der Waals surface area contributed by atoms with Crippen LogP contribution in [0.15, 0.2) is 58.2 Å². The fourth-order valence-electron chi connectivity index (χ4n) is 2.05. The number of phenolic OH excluding ortho intramolecular Hbond substituents is 2. The molecule has 6 heteroatoms. The van der Waals surface area contributed by atoms with Gasteiger partial charge in [-0.1, -0.05) is 18.2 Å². The number of hydrogen-bond donors (Lipinski definition) is 3. The number of anilines is 1. The van der Waals surface area contributed by atoms with Crippen LogP contribution in [0.2, 0.25) is 0 Å². The zero-order valence-corrected chi connectivity index (χ0v) is 12.9. The molecule has 1 aromatic heterocycles.